The maximum absolute atomic E-state index is 10.5. The number of rotatable bonds is 5. The van der Waals surface area contributed by atoms with Crippen LogP contribution < -0.4 is 5.32 Å². The molecule has 1 atom stereocenters. The summed E-state index contributed by atoms with van der Waals surface area (Å²) in [5, 5.41) is 12.0. The highest BCUT2D eigenvalue weighted by atomic mass is 16.4. The zero-order chi connectivity index (χ0) is 11.3. The summed E-state index contributed by atoms with van der Waals surface area (Å²) in [4.78, 5) is 10.5. The summed E-state index contributed by atoms with van der Waals surface area (Å²) < 4.78 is 0. The number of carboxylic acid groups (broad SMARTS) is 1. The molecule has 0 radical (unpaired) electrons. The Labute approximate surface area is 92.3 Å². The highest BCUT2D eigenvalue weighted by molar-refractivity contribution is 5.67. The van der Waals surface area contributed by atoms with Gasteiger partial charge in [0, 0.05) is 12.6 Å². The highest BCUT2D eigenvalue weighted by Crippen LogP contribution is 2.34. The Morgan fingerprint density at radius 3 is 2.53 bits per heavy atom. The summed E-state index contributed by atoms with van der Waals surface area (Å²) >= 11 is 0. The van der Waals surface area contributed by atoms with Crippen LogP contribution in [0.3, 0.4) is 0 Å². The topological polar surface area (TPSA) is 49.3 Å². The van der Waals surface area contributed by atoms with E-state index in [0.29, 0.717) is 5.41 Å². The minimum absolute atomic E-state index is 0.0845. The van der Waals surface area contributed by atoms with Gasteiger partial charge in [0.15, 0.2) is 0 Å². The van der Waals surface area contributed by atoms with Crippen LogP contribution in [0.5, 0.6) is 0 Å². The summed E-state index contributed by atoms with van der Waals surface area (Å²) in [5.41, 5.74) is 0.394. The molecule has 0 bridgehead atoms. The van der Waals surface area contributed by atoms with Gasteiger partial charge in [-0.3, -0.25) is 4.79 Å². The molecule has 1 fully saturated rings. The first-order valence-corrected chi connectivity index (χ1v) is 5.97. The van der Waals surface area contributed by atoms with Crippen molar-refractivity contribution in [1.82, 2.24) is 5.32 Å². The number of hydrogen-bond acceptors (Lipinski definition) is 2. The summed E-state index contributed by atoms with van der Waals surface area (Å²) in [5.74, 6) is -0.719. The number of carboxylic acids is 1. The average molecular weight is 213 g/mol. The van der Waals surface area contributed by atoms with Crippen LogP contribution in [0.15, 0.2) is 0 Å². The Bertz CT molecular complexity index is 210. The van der Waals surface area contributed by atoms with Crippen LogP contribution in [0.4, 0.5) is 0 Å². The summed E-state index contributed by atoms with van der Waals surface area (Å²) in [6.45, 7) is 5.22. The van der Waals surface area contributed by atoms with Gasteiger partial charge in [-0.25, -0.2) is 0 Å². The van der Waals surface area contributed by atoms with E-state index in [1.165, 1.54) is 32.1 Å². The molecular weight excluding hydrogens is 190 g/mol. The minimum atomic E-state index is -0.719. The number of aliphatic carboxylic acids is 1. The van der Waals surface area contributed by atoms with Gasteiger partial charge in [-0.2, -0.15) is 0 Å². The molecule has 0 aromatic heterocycles. The molecule has 1 unspecified atom stereocenters. The third-order valence-corrected chi connectivity index (χ3v) is 3.42. The van der Waals surface area contributed by atoms with E-state index < -0.39 is 5.97 Å². The van der Waals surface area contributed by atoms with Gasteiger partial charge < -0.3 is 10.4 Å². The normalized spacial score (nSPS) is 22.3. The quantitative estimate of drug-likeness (QED) is 0.737. The average Bonchev–Trinajstić information content (AvgIpc) is 2.15. The zero-order valence-electron chi connectivity index (χ0n) is 9.88. The van der Waals surface area contributed by atoms with Gasteiger partial charge in [-0.05, 0) is 25.2 Å². The predicted molar refractivity (Wildman–Crippen MR) is 60.9 cm³/mol. The lowest BCUT2D eigenvalue weighted by Gasteiger charge is -2.34. The van der Waals surface area contributed by atoms with E-state index in [0.717, 1.165) is 6.54 Å². The maximum atomic E-state index is 10.5. The molecule has 1 aliphatic carbocycles. The van der Waals surface area contributed by atoms with Crippen LogP contribution in [-0.2, 0) is 4.79 Å². The van der Waals surface area contributed by atoms with E-state index in [2.05, 4.69) is 12.2 Å². The van der Waals surface area contributed by atoms with E-state index in [9.17, 15) is 4.79 Å². The van der Waals surface area contributed by atoms with Crippen molar-refractivity contribution in [2.75, 3.05) is 6.54 Å². The lowest BCUT2D eigenvalue weighted by atomic mass is 9.75. The molecule has 1 saturated carbocycles. The van der Waals surface area contributed by atoms with Crippen LogP contribution in [-0.4, -0.2) is 23.7 Å². The Morgan fingerprint density at radius 2 is 2.00 bits per heavy atom. The van der Waals surface area contributed by atoms with Crippen molar-refractivity contribution in [3.8, 4) is 0 Å². The molecular formula is C12H23NO2. The van der Waals surface area contributed by atoms with Crippen molar-refractivity contribution in [1.29, 1.82) is 0 Å². The molecule has 15 heavy (non-hydrogen) atoms. The summed E-state index contributed by atoms with van der Waals surface area (Å²) in [6, 6.07) is 0.0845. The molecule has 0 heterocycles. The second-order valence-corrected chi connectivity index (χ2v) is 5.25. The SMILES string of the molecule is CC(CC(=O)O)NCC1(C)CCCCC1. The molecule has 3 nitrogen and oxygen atoms in total. The van der Waals surface area contributed by atoms with E-state index in [1.54, 1.807) is 0 Å². The smallest absolute Gasteiger partial charge is 0.304 e. The van der Waals surface area contributed by atoms with Crippen LogP contribution >= 0.6 is 0 Å². The summed E-state index contributed by atoms with van der Waals surface area (Å²) in [7, 11) is 0. The molecule has 2 N–H and O–H groups in total. The number of hydrogen-bond donors (Lipinski definition) is 2. The van der Waals surface area contributed by atoms with Gasteiger partial charge in [-0.15, -0.1) is 0 Å². The van der Waals surface area contributed by atoms with E-state index >= 15 is 0 Å². The third-order valence-electron chi connectivity index (χ3n) is 3.42. The van der Waals surface area contributed by atoms with Crippen LogP contribution in [0.25, 0.3) is 0 Å². The molecule has 0 aromatic carbocycles. The second kappa shape index (κ2) is 5.50. The van der Waals surface area contributed by atoms with Crippen LogP contribution in [0.1, 0.15) is 52.4 Å². The lowest BCUT2D eigenvalue weighted by Crippen LogP contribution is -2.39. The molecule has 0 spiro atoms. The van der Waals surface area contributed by atoms with Gasteiger partial charge in [-0.1, -0.05) is 26.2 Å². The van der Waals surface area contributed by atoms with Gasteiger partial charge in [0.1, 0.15) is 0 Å². The maximum Gasteiger partial charge on any atom is 0.304 e. The fourth-order valence-corrected chi connectivity index (χ4v) is 2.34. The van der Waals surface area contributed by atoms with Crippen molar-refractivity contribution < 1.29 is 9.90 Å². The highest BCUT2D eigenvalue weighted by Gasteiger charge is 2.26. The van der Waals surface area contributed by atoms with E-state index in [1.807, 2.05) is 6.92 Å². The van der Waals surface area contributed by atoms with Gasteiger partial charge in [0.2, 0.25) is 0 Å². The Kier molecular flexibility index (Phi) is 4.58. The number of nitrogens with one attached hydrogen (secondary N) is 1. The lowest BCUT2D eigenvalue weighted by molar-refractivity contribution is -0.137. The molecule has 0 saturated heterocycles. The monoisotopic (exact) mass is 213 g/mol. The molecule has 3 heteroatoms. The molecule has 0 aromatic rings. The molecule has 1 aliphatic rings. The molecule has 88 valence electrons. The third kappa shape index (κ3) is 4.65. The second-order valence-electron chi connectivity index (χ2n) is 5.25. The van der Waals surface area contributed by atoms with Crippen molar-refractivity contribution in [2.45, 2.75) is 58.4 Å². The molecule has 0 amide bonds. The van der Waals surface area contributed by atoms with Crippen molar-refractivity contribution in [3.05, 3.63) is 0 Å². The van der Waals surface area contributed by atoms with E-state index in [4.69, 9.17) is 5.11 Å². The van der Waals surface area contributed by atoms with Gasteiger partial charge >= 0.3 is 5.97 Å². The van der Waals surface area contributed by atoms with Gasteiger partial charge in [0.25, 0.3) is 0 Å². The fourth-order valence-electron chi connectivity index (χ4n) is 2.34. The molecule has 1 rings (SSSR count). The van der Waals surface area contributed by atoms with Crippen molar-refractivity contribution >= 4 is 5.97 Å². The largest absolute Gasteiger partial charge is 0.481 e. The van der Waals surface area contributed by atoms with E-state index in [-0.39, 0.29) is 12.5 Å². The minimum Gasteiger partial charge on any atom is -0.481 e. The Balaban J connectivity index is 2.25. The first kappa shape index (κ1) is 12.5. The first-order chi connectivity index (χ1) is 7.02. The summed E-state index contributed by atoms with van der Waals surface area (Å²) in [6.07, 6.45) is 6.78. The fraction of sp³-hybridized carbons (Fsp3) is 0.917. The van der Waals surface area contributed by atoms with Crippen molar-refractivity contribution in [3.63, 3.8) is 0 Å². The van der Waals surface area contributed by atoms with Crippen molar-refractivity contribution in [2.24, 2.45) is 5.41 Å². The van der Waals surface area contributed by atoms with Crippen LogP contribution in [0, 0.1) is 5.41 Å². The standard InChI is InChI=1S/C12H23NO2/c1-10(8-11(14)15)13-9-12(2)6-4-3-5-7-12/h10,13H,3-9H2,1-2H3,(H,14,15). The first-order valence-electron chi connectivity index (χ1n) is 5.97. The molecule has 0 aliphatic heterocycles. The van der Waals surface area contributed by atoms with Crippen LogP contribution in [0.2, 0.25) is 0 Å². The Morgan fingerprint density at radius 1 is 1.40 bits per heavy atom. The predicted octanol–water partition coefficient (Wildman–Crippen LogP) is 2.41. The Hall–Kier alpha value is -0.570. The zero-order valence-corrected chi connectivity index (χ0v) is 9.88. The van der Waals surface area contributed by atoms with Gasteiger partial charge in [0.05, 0.1) is 6.42 Å². The number of carbonyl (C=O) groups is 1.